The topological polar surface area (TPSA) is 86.3 Å². The standard InChI is InChI=1S/C24H31N5O3/c1-17-21(18(2)28(3)26-17)9-10-23(30)29-13-11-20(15-29)24-25-22(27-32-24)12-14-31-16-19-7-5-4-6-8-19/h4-8,20H,9-16H2,1-3H3. The lowest BCUT2D eigenvalue weighted by Gasteiger charge is -2.15. The summed E-state index contributed by atoms with van der Waals surface area (Å²) in [6.07, 6.45) is 2.67. The Kier molecular flexibility index (Phi) is 6.99. The molecular weight excluding hydrogens is 406 g/mol. The van der Waals surface area contributed by atoms with Crippen LogP contribution in [0.2, 0.25) is 0 Å². The molecule has 0 N–H and O–H groups in total. The van der Waals surface area contributed by atoms with Crippen molar-refractivity contribution in [3.8, 4) is 0 Å². The first-order valence-electron chi connectivity index (χ1n) is 11.2. The van der Waals surface area contributed by atoms with Crippen LogP contribution < -0.4 is 0 Å². The van der Waals surface area contributed by atoms with Gasteiger partial charge in [0.15, 0.2) is 5.82 Å². The highest BCUT2D eigenvalue weighted by Crippen LogP contribution is 2.27. The van der Waals surface area contributed by atoms with Gasteiger partial charge in [-0.25, -0.2) is 0 Å². The second-order valence-corrected chi connectivity index (χ2v) is 8.44. The zero-order valence-electron chi connectivity index (χ0n) is 19.1. The first kappa shape index (κ1) is 22.2. The number of benzene rings is 1. The number of hydrogen-bond donors (Lipinski definition) is 0. The maximum Gasteiger partial charge on any atom is 0.231 e. The predicted octanol–water partition coefficient (Wildman–Crippen LogP) is 3.13. The molecule has 1 aliphatic rings. The minimum atomic E-state index is 0.104. The van der Waals surface area contributed by atoms with E-state index in [1.165, 1.54) is 5.56 Å². The summed E-state index contributed by atoms with van der Waals surface area (Å²) in [6.45, 7) is 6.52. The average molecular weight is 438 g/mol. The first-order valence-corrected chi connectivity index (χ1v) is 11.2. The second kappa shape index (κ2) is 10.1. The van der Waals surface area contributed by atoms with Gasteiger partial charge in [-0.05, 0) is 37.8 Å². The third-order valence-electron chi connectivity index (χ3n) is 6.20. The van der Waals surface area contributed by atoms with Crippen molar-refractivity contribution >= 4 is 5.91 Å². The number of carbonyl (C=O) groups excluding carboxylic acids is 1. The number of rotatable bonds is 9. The average Bonchev–Trinajstić information content (AvgIpc) is 3.51. The molecule has 1 saturated heterocycles. The molecule has 0 radical (unpaired) electrons. The Bertz CT molecular complexity index is 1040. The molecule has 1 fully saturated rings. The SMILES string of the molecule is Cc1nn(C)c(C)c1CCC(=O)N1CCC(c2nc(CCOCc3ccccc3)no2)C1. The molecule has 1 unspecified atom stereocenters. The van der Waals surface area contributed by atoms with E-state index < -0.39 is 0 Å². The minimum absolute atomic E-state index is 0.104. The highest BCUT2D eigenvalue weighted by Gasteiger charge is 2.31. The summed E-state index contributed by atoms with van der Waals surface area (Å²) in [5, 5.41) is 8.53. The molecule has 0 bridgehead atoms. The van der Waals surface area contributed by atoms with Gasteiger partial charge in [0.1, 0.15) is 0 Å². The maximum atomic E-state index is 12.7. The number of nitrogens with zero attached hydrogens (tertiary/aromatic N) is 5. The molecule has 170 valence electrons. The Labute approximate surface area is 188 Å². The Morgan fingerprint density at radius 1 is 1.22 bits per heavy atom. The number of aromatic nitrogens is 4. The fourth-order valence-corrected chi connectivity index (χ4v) is 4.22. The number of carbonyl (C=O) groups is 1. The van der Waals surface area contributed by atoms with E-state index >= 15 is 0 Å². The molecule has 0 aliphatic carbocycles. The van der Waals surface area contributed by atoms with Gasteiger partial charge in [0, 0.05) is 38.7 Å². The number of hydrogen-bond acceptors (Lipinski definition) is 6. The summed E-state index contributed by atoms with van der Waals surface area (Å²) in [5.74, 6) is 1.55. The molecule has 8 heteroatoms. The van der Waals surface area contributed by atoms with E-state index in [1.807, 2.05) is 60.8 Å². The lowest BCUT2D eigenvalue weighted by atomic mass is 10.1. The van der Waals surface area contributed by atoms with Crippen LogP contribution in [0, 0.1) is 13.8 Å². The van der Waals surface area contributed by atoms with Crippen molar-refractivity contribution < 1.29 is 14.1 Å². The molecule has 3 aromatic rings. The molecule has 1 atom stereocenters. The van der Waals surface area contributed by atoms with E-state index in [0.29, 0.717) is 44.3 Å². The van der Waals surface area contributed by atoms with Gasteiger partial charge in [0.2, 0.25) is 11.8 Å². The van der Waals surface area contributed by atoms with Crippen LogP contribution in [0.3, 0.4) is 0 Å². The predicted molar refractivity (Wildman–Crippen MR) is 119 cm³/mol. The summed E-state index contributed by atoms with van der Waals surface area (Å²) >= 11 is 0. The van der Waals surface area contributed by atoms with Crippen molar-refractivity contribution in [1.29, 1.82) is 0 Å². The molecule has 32 heavy (non-hydrogen) atoms. The fraction of sp³-hybridized carbons (Fsp3) is 0.500. The van der Waals surface area contributed by atoms with Crippen LogP contribution in [0.15, 0.2) is 34.9 Å². The number of likely N-dealkylation sites (tertiary alicyclic amines) is 1. The molecule has 1 amide bonds. The van der Waals surface area contributed by atoms with Crippen molar-refractivity contribution in [3.05, 3.63) is 64.6 Å². The van der Waals surface area contributed by atoms with E-state index in [-0.39, 0.29) is 11.8 Å². The van der Waals surface area contributed by atoms with Crippen LogP contribution in [-0.4, -0.2) is 50.4 Å². The highest BCUT2D eigenvalue weighted by molar-refractivity contribution is 5.77. The summed E-state index contributed by atoms with van der Waals surface area (Å²) in [6, 6.07) is 10.1. The van der Waals surface area contributed by atoms with Gasteiger partial charge in [-0.2, -0.15) is 10.1 Å². The van der Waals surface area contributed by atoms with E-state index in [9.17, 15) is 4.79 Å². The largest absolute Gasteiger partial charge is 0.376 e. The van der Waals surface area contributed by atoms with Crippen LogP contribution in [0.5, 0.6) is 0 Å². The van der Waals surface area contributed by atoms with Crippen LogP contribution in [0.25, 0.3) is 0 Å². The van der Waals surface area contributed by atoms with Crippen LogP contribution in [0.1, 0.15) is 53.0 Å². The molecule has 8 nitrogen and oxygen atoms in total. The fourth-order valence-electron chi connectivity index (χ4n) is 4.22. The van der Waals surface area contributed by atoms with Gasteiger partial charge in [-0.1, -0.05) is 35.5 Å². The van der Waals surface area contributed by atoms with Gasteiger partial charge < -0.3 is 14.2 Å². The monoisotopic (exact) mass is 437 g/mol. The Morgan fingerprint density at radius 3 is 2.78 bits per heavy atom. The smallest absolute Gasteiger partial charge is 0.231 e. The van der Waals surface area contributed by atoms with Crippen molar-refractivity contribution in [2.75, 3.05) is 19.7 Å². The van der Waals surface area contributed by atoms with E-state index in [2.05, 4.69) is 15.2 Å². The summed E-state index contributed by atoms with van der Waals surface area (Å²) in [4.78, 5) is 19.2. The summed E-state index contributed by atoms with van der Waals surface area (Å²) < 4.78 is 13.1. The van der Waals surface area contributed by atoms with Crippen LogP contribution in [0.4, 0.5) is 0 Å². The Balaban J connectivity index is 1.22. The number of aryl methyl sites for hydroxylation is 2. The molecule has 3 heterocycles. The quantitative estimate of drug-likeness (QED) is 0.478. The second-order valence-electron chi connectivity index (χ2n) is 8.44. The van der Waals surface area contributed by atoms with Crippen molar-refractivity contribution in [1.82, 2.24) is 24.8 Å². The van der Waals surface area contributed by atoms with Gasteiger partial charge in [0.25, 0.3) is 0 Å². The van der Waals surface area contributed by atoms with E-state index in [4.69, 9.17) is 9.26 Å². The molecule has 0 spiro atoms. The highest BCUT2D eigenvalue weighted by atomic mass is 16.5. The van der Waals surface area contributed by atoms with Gasteiger partial charge >= 0.3 is 0 Å². The zero-order valence-corrected chi connectivity index (χ0v) is 19.1. The zero-order chi connectivity index (χ0) is 22.5. The van der Waals surface area contributed by atoms with E-state index in [0.717, 1.165) is 36.3 Å². The van der Waals surface area contributed by atoms with Gasteiger partial charge in [-0.3, -0.25) is 9.48 Å². The lowest BCUT2D eigenvalue weighted by molar-refractivity contribution is -0.130. The molecule has 1 aromatic carbocycles. The van der Waals surface area contributed by atoms with Crippen LogP contribution in [-0.2, 0) is 36.0 Å². The minimum Gasteiger partial charge on any atom is -0.376 e. The third-order valence-corrected chi connectivity index (χ3v) is 6.20. The maximum absolute atomic E-state index is 12.7. The van der Waals surface area contributed by atoms with Crippen molar-refractivity contribution in [2.45, 2.75) is 52.1 Å². The van der Waals surface area contributed by atoms with E-state index in [1.54, 1.807) is 0 Å². The van der Waals surface area contributed by atoms with Gasteiger partial charge in [-0.15, -0.1) is 0 Å². The molecule has 4 rings (SSSR count). The Morgan fingerprint density at radius 2 is 2.03 bits per heavy atom. The molecule has 0 saturated carbocycles. The molecule has 1 aliphatic heterocycles. The van der Waals surface area contributed by atoms with Crippen LogP contribution >= 0.6 is 0 Å². The lowest BCUT2D eigenvalue weighted by Crippen LogP contribution is -2.28. The number of amides is 1. The summed E-state index contributed by atoms with van der Waals surface area (Å²) in [5.41, 5.74) is 4.45. The first-order chi connectivity index (χ1) is 15.5. The number of ether oxygens (including phenoxy) is 1. The van der Waals surface area contributed by atoms with Gasteiger partial charge in [0.05, 0.1) is 24.8 Å². The van der Waals surface area contributed by atoms with Crippen molar-refractivity contribution in [2.24, 2.45) is 7.05 Å². The Hall–Kier alpha value is -3.00. The summed E-state index contributed by atoms with van der Waals surface area (Å²) in [7, 11) is 1.94. The molecule has 2 aromatic heterocycles. The normalized spacial score (nSPS) is 16.1. The molecular formula is C24H31N5O3. The third kappa shape index (κ3) is 5.24. The van der Waals surface area contributed by atoms with Crippen molar-refractivity contribution in [3.63, 3.8) is 0 Å².